The van der Waals surface area contributed by atoms with Crippen molar-refractivity contribution in [2.75, 3.05) is 32.8 Å². The number of benzene rings is 5. The number of hydrogen-bond acceptors (Lipinski definition) is 14. The van der Waals surface area contributed by atoms with Gasteiger partial charge in [0.15, 0.2) is 5.65 Å². The normalized spacial score (nSPS) is 16.4. The first kappa shape index (κ1) is 48.7. The van der Waals surface area contributed by atoms with E-state index < -0.39 is 38.5 Å². The van der Waals surface area contributed by atoms with Crippen LogP contribution < -0.4 is 19.5 Å². The molecule has 2 aromatic heterocycles. The maximum Gasteiger partial charge on any atom is 0.343 e. The molecule has 1 fully saturated rings. The van der Waals surface area contributed by atoms with Crippen LogP contribution in [0.3, 0.4) is 0 Å². The number of methoxy groups -OCH3 is 2. The van der Waals surface area contributed by atoms with Crippen LogP contribution in [0, 0.1) is 11.3 Å². The quantitative estimate of drug-likeness (QED) is 0.0238. The van der Waals surface area contributed by atoms with Crippen molar-refractivity contribution >= 4 is 37.3 Å². The molecule has 1 aliphatic rings. The van der Waals surface area contributed by atoms with Crippen molar-refractivity contribution in [3.05, 3.63) is 168 Å². The highest BCUT2D eigenvalue weighted by atomic mass is 31.2. The number of carbonyl (C=O) groups is 1. The predicted molar refractivity (Wildman–Crippen MR) is 263 cm³/mol. The zero-order chi connectivity index (χ0) is 48.3. The lowest BCUT2D eigenvalue weighted by atomic mass is 9.80. The van der Waals surface area contributed by atoms with E-state index in [9.17, 15) is 10.1 Å². The largest absolute Gasteiger partial charge is 0.497 e. The Balaban J connectivity index is 1.14. The van der Waals surface area contributed by atoms with E-state index in [4.69, 9.17) is 37.7 Å². The van der Waals surface area contributed by atoms with E-state index in [-0.39, 0.29) is 31.7 Å². The summed E-state index contributed by atoms with van der Waals surface area (Å²) in [5, 5.41) is 12.8. The molecule has 1 aliphatic heterocycles. The van der Waals surface area contributed by atoms with Gasteiger partial charge in [-0.05, 0) is 92.9 Å². The fourth-order valence-electron chi connectivity index (χ4n) is 8.43. The van der Waals surface area contributed by atoms with E-state index in [2.05, 4.69) is 65.9 Å². The molecule has 356 valence electrons. The number of fused-ring (bicyclic) bond motifs is 1. The smallest absolute Gasteiger partial charge is 0.343 e. The van der Waals surface area contributed by atoms with Crippen molar-refractivity contribution in [3.8, 4) is 23.3 Å². The first-order valence-electron chi connectivity index (χ1n) is 22.8. The van der Waals surface area contributed by atoms with Crippen molar-refractivity contribution in [3.63, 3.8) is 0 Å². The minimum absolute atomic E-state index is 0.0682. The SMILES string of the molecule is COc1ccc(C(OC[C@H]2O[C@@H](n3cnc4cnc(Nc5cccc(OC(=O)c6ccccc6)c5)nc43)C[C@@H]2OP(OCCC#N)N(C(C)C)C(C)C)(c2ccccc2)c2ccc(OC)cc2)cc1. The fraction of sp³-hybridized carbons (Fsp3) is 0.302. The Bertz CT molecular complexity index is 2750. The van der Waals surface area contributed by atoms with Gasteiger partial charge in [-0.15, -0.1) is 0 Å². The molecule has 0 radical (unpaired) electrons. The lowest BCUT2D eigenvalue weighted by molar-refractivity contribution is -0.0912. The van der Waals surface area contributed by atoms with Gasteiger partial charge in [-0.25, -0.2) is 19.4 Å². The molecular weight excluding hydrogens is 894 g/mol. The summed E-state index contributed by atoms with van der Waals surface area (Å²) in [6.07, 6.45) is 2.14. The number of rotatable bonds is 21. The Morgan fingerprint density at radius 1 is 0.841 bits per heavy atom. The highest BCUT2D eigenvalue weighted by molar-refractivity contribution is 7.44. The zero-order valence-electron chi connectivity index (χ0n) is 39.5. The van der Waals surface area contributed by atoms with Gasteiger partial charge in [-0.1, -0.05) is 78.9 Å². The fourth-order valence-corrected chi connectivity index (χ4v) is 10.2. The van der Waals surface area contributed by atoms with Crippen LogP contribution in [0.25, 0.3) is 11.2 Å². The number of imidazole rings is 1. The molecule has 0 bridgehead atoms. The summed E-state index contributed by atoms with van der Waals surface area (Å²) in [5.41, 5.74) is 3.65. The molecule has 0 saturated carbocycles. The van der Waals surface area contributed by atoms with Crippen LogP contribution in [0.2, 0.25) is 0 Å². The minimum Gasteiger partial charge on any atom is -0.497 e. The molecule has 1 saturated heterocycles. The lowest BCUT2D eigenvalue weighted by Crippen LogP contribution is -2.39. The van der Waals surface area contributed by atoms with Crippen LogP contribution in [-0.4, -0.2) is 81.9 Å². The van der Waals surface area contributed by atoms with Crippen molar-refractivity contribution in [1.82, 2.24) is 24.2 Å². The van der Waals surface area contributed by atoms with E-state index in [0.29, 0.717) is 52.0 Å². The second kappa shape index (κ2) is 22.6. The van der Waals surface area contributed by atoms with Crippen LogP contribution in [0.5, 0.6) is 17.2 Å². The molecule has 0 spiro atoms. The molecule has 5 aromatic carbocycles. The van der Waals surface area contributed by atoms with E-state index >= 15 is 0 Å². The lowest BCUT2D eigenvalue weighted by Gasteiger charge is -2.39. The molecule has 7 aromatic rings. The average molecular weight is 950 g/mol. The van der Waals surface area contributed by atoms with Gasteiger partial charge in [0.1, 0.15) is 40.7 Å². The summed E-state index contributed by atoms with van der Waals surface area (Å²) in [6, 6.07) is 44.1. The van der Waals surface area contributed by atoms with Gasteiger partial charge in [0.05, 0.1) is 64.1 Å². The number of carbonyl (C=O) groups excluding carboxylic acids is 1. The first-order valence-corrected chi connectivity index (χ1v) is 24.0. The van der Waals surface area contributed by atoms with Gasteiger partial charge in [-0.2, -0.15) is 10.2 Å². The zero-order valence-corrected chi connectivity index (χ0v) is 40.4. The Morgan fingerprint density at radius 2 is 1.48 bits per heavy atom. The molecule has 16 heteroatoms. The number of nitriles is 1. The van der Waals surface area contributed by atoms with Gasteiger partial charge < -0.3 is 38.0 Å². The molecule has 1 N–H and O–H groups in total. The minimum atomic E-state index is -1.67. The van der Waals surface area contributed by atoms with E-state index in [0.717, 1.165) is 16.7 Å². The summed E-state index contributed by atoms with van der Waals surface area (Å²) in [5.74, 6) is 1.61. The molecule has 69 heavy (non-hydrogen) atoms. The van der Waals surface area contributed by atoms with E-state index in [1.54, 1.807) is 69.2 Å². The number of anilines is 2. The van der Waals surface area contributed by atoms with Crippen LogP contribution >= 0.6 is 8.53 Å². The Kier molecular flexibility index (Phi) is 15.9. The summed E-state index contributed by atoms with van der Waals surface area (Å²) < 4.78 is 49.0. The second-order valence-corrected chi connectivity index (χ2v) is 18.2. The molecule has 8 rings (SSSR count). The van der Waals surface area contributed by atoms with E-state index in [1.807, 2.05) is 83.4 Å². The molecule has 0 amide bonds. The van der Waals surface area contributed by atoms with Crippen molar-refractivity contribution < 1.29 is 37.5 Å². The van der Waals surface area contributed by atoms with Gasteiger partial charge in [0.25, 0.3) is 8.53 Å². The van der Waals surface area contributed by atoms with Crippen LogP contribution in [0.1, 0.15) is 73.8 Å². The Hall–Kier alpha value is -6.76. The summed E-state index contributed by atoms with van der Waals surface area (Å²) >= 11 is 0. The number of nitrogens with zero attached hydrogens (tertiary/aromatic N) is 6. The molecule has 4 atom stereocenters. The molecule has 3 heterocycles. The third-order valence-electron chi connectivity index (χ3n) is 11.6. The monoisotopic (exact) mass is 949 g/mol. The average Bonchev–Trinajstić information content (AvgIpc) is 3.98. The molecular formula is C53H56N7O8P. The predicted octanol–water partition coefficient (Wildman–Crippen LogP) is 10.8. The molecule has 15 nitrogen and oxygen atoms in total. The summed E-state index contributed by atoms with van der Waals surface area (Å²) in [4.78, 5) is 27.0. The summed E-state index contributed by atoms with van der Waals surface area (Å²) in [7, 11) is 1.61. The molecule has 0 aliphatic carbocycles. The van der Waals surface area contributed by atoms with E-state index in [1.165, 1.54) is 0 Å². The highest BCUT2D eigenvalue weighted by Crippen LogP contribution is 2.51. The van der Waals surface area contributed by atoms with Crippen molar-refractivity contribution in [2.45, 2.75) is 76.7 Å². The summed E-state index contributed by atoms with van der Waals surface area (Å²) in [6.45, 7) is 8.72. The topological polar surface area (TPSA) is 164 Å². The third-order valence-corrected chi connectivity index (χ3v) is 13.8. The van der Waals surface area contributed by atoms with Gasteiger partial charge in [-0.3, -0.25) is 4.57 Å². The Labute approximate surface area is 403 Å². The van der Waals surface area contributed by atoms with Crippen molar-refractivity contribution in [1.29, 1.82) is 5.26 Å². The van der Waals surface area contributed by atoms with Crippen LogP contribution in [0.4, 0.5) is 11.6 Å². The maximum absolute atomic E-state index is 12.8. The van der Waals surface area contributed by atoms with Crippen molar-refractivity contribution in [2.24, 2.45) is 0 Å². The van der Waals surface area contributed by atoms with Crippen LogP contribution in [0.15, 0.2) is 146 Å². The van der Waals surface area contributed by atoms with Crippen LogP contribution in [-0.2, 0) is 24.1 Å². The Morgan fingerprint density at radius 3 is 2.10 bits per heavy atom. The van der Waals surface area contributed by atoms with Gasteiger partial charge in [0, 0.05) is 30.3 Å². The van der Waals surface area contributed by atoms with Gasteiger partial charge >= 0.3 is 5.97 Å². The third kappa shape index (κ3) is 11.2. The highest BCUT2D eigenvalue weighted by Gasteiger charge is 2.45. The molecule has 1 unspecified atom stereocenters. The van der Waals surface area contributed by atoms with Gasteiger partial charge in [0.2, 0.25) is 5.95 Å². The first-order chi connectivity index (χ1) is 33.6. The number of nitrogens with one attached hydrogen (secondary N) is 1. The second-order valence-electron chi connectivity index (χ2n) is 16.8. The number of aromatic nitrogens is 4. The number of ether oxygens (including phenoxy) is 5. The number of esters is 1. The number of hydrogen-bond donors (Lipinski definition) is 1. The standard InChI is InChI=1S/C53H56N7O8P/c1-36(2)60(37(3)4)69(65-30-14-29-54)68-47-32-49(59-35-56-46-33-55-52(58-50(46)59)57-42-19-13-20-45(31-42)66-51(61)38-15-9-7-10-16-38)67-48(47)34-64-53(39-17-11-8-12-18-39,40-21-25-43(62-5)26-22-40)41-23-27-44(63-6)28-24-41/h7-13,15-28,31,33,35-37,47-49H,14,30,32,34H2,1-6H3,(H,55,57,58)/t47-,48+,49+,69?/m0/s1. The maximum atomic E-state index is 12.8.